The highest BCUT2D eigenvalue weighted by Gasteiger charge is 2.07. The summed E-state index contributed by atoms with van der Waals surface area (Å²) in [6.07, 6.45) is 1.72. The Kier molecular flexibility index (Phi) is 3.71. The molecule has 0 N–H and O–H groups in total. The number of ether oxygens (including phenoxy) is 1. The van der Waals surface area contributed by atoms with Gasteiger partial charge in [0.25, 0.3) is 0 Å². The Morgan fingerprint density at radius 2 is 2.14 bits per heavy atom. The Balaban J connectivity index is 3.01. The summed E-state index contributed by atoms with van der Waals surface area (Å²) in [5.41, 5.74) is 1.01. The second-order valence-electron chi connectivity index (χ2n) is 2.53. The van der Waals surface area contributed by atoms with Gasteiger partial charge < -0.3 is 4.74 Å². The van der Waals surface area contributed by atoms with Gasteiger partial charge in [0.1, 0.15) is 17.1 Å². The fraction of sp³-hybridized carbons (Fsp3) is 0.200. The summed E-state index contributed by atoms with van der Waals surface area (Å²) < 4.78 is 4.93. The molecule has 0 saturated carbocycles. The zero-order valence-corrected chi connectivity index (χ0v) is 8.93. The van der Waals surface area contributed by atoms with Crippen molar-refractivity contribution in [2.45, 2.75) is 0 Å². The molecule has 1 aromatic rings. The molecule has 0 bridgehead atoms. The first-order valence-corrected chi connectivity index (χ1v) is 5.20. The summed E-state index contributed by atoms with van der Waals surface area (Å²) in [4.78, 5) is 15.4. The third kappa shape index (κ3) is 2.35. The Bertz CT molecular complexity index is 332. The van der Waals surface area contributed by atoms with Crippen molar-refractivity contribution in [3.05, 3.63) is 36.2 Å². The fourth-order valence-corrected chi connectivity index (χ4v) is 1.24. The smallest absolute Gasteiger partial charge is 0.237 e. The van der Waals surface area contributed by atoms with E-state index in [0.29, 0.717) is 17.1 Å². The van der Waals surface area contributed by atoms with Crippen LogP contribution in [0.5, 0.6) is 0 Å². The van der Waals surface area contributed by atoms with Gasteiger partial charge in [-0.1, -0.05) is 24.4 Å². The molecule has 4 heteroatoms. The molecule has 74 valence electrons. The van der Waals surface area contributed by atoms with Crippen LogP contribution in [0.3, 0.4) is 0 Å². The lowest BCUT2D eigenvalue weighted by Gasteiger charge is -2.04. The zero-order chi connectivity index (χ0) is 10.6. The van der Waals surface area contributed by atoms with Crippen LogP contribution in [0, 0.1) is 0 Å². The first-order chi connectivity index (χ1) is 6.69. The maximum absolute atomic E-state index is 11.3. The molecule has 0 aliphatic heterocycles. The van der Waals surface area contributed by atoms with Gasteiger partial charge in [-0.2, -0.15) is 0 Å². The van der Waals surface area contributed by atoms with Crippen molar-refractivity contribution in [3.63, 3.8) is 0 Å². The lowest BCUT2D eigenvalue weighted by Crippen LogP contribution is -1.99. The molecule has 0 radical (unpaired) electrons. The third-order valence-corrected chi connectivity index (χ3v) is 2.26. The van der Waals surface area contributed by atoms with E-state index < -0.39 is 0 Å². The van der Waals surface area contributed by atoms with Crippen LogP contribution >= 0.6 is 11.8 Å². The van der Waals surface area contributed by atoms with Gasteiger partial charge in [-0.15, -0.1) is 0 Å². The van der Waals surface area contributed by atoms with Gasteiger partial charge in [0.15, 0.2) is 0 Å². The molecule has 0 atom stereocenters. The minimum atomic E-state index is -0.0595. The number of aromatic nitrogens is 1. The Hall–Kier alpha value is -1.29. The first kappa shape index (κ1) is 10.8. The maximum Gasteiger partial charge on any atom is 0.237 e. The number of methoxy groups -OCH3 is 1. The van der Waals surface area contributed by atoms with Crippen LogP contribution in [0.2, 0.25) is 0 Å². The third-order valence-electron chi connectivity index (χ3n) is 1.68. The van der Waals surface area contributed by atoms with E-state index >= 15 is 0 Å². The monoisotopic (exact) mass is 209 g/mol. The molecule has 14 heavy (non-hydrogen) atoms. The zero-order valence-electron chi connectivity index (χ0n) is 8.11. The Morgan fingerprint density at radius 3 is 2.71 bits per heavy atom. The van der Waals surface area contributed by atoms with Crippen LogP contribution in [0.1, 0.15) is 16.2 Å². The molecule has 0 spiro atoms. The van der Waals surface area contributed by atoms with E-state index in [1.807, 2.05) is 0 Å². The van der Waals surface area contributed by atoms with Gasteiger partial charge in [0, 0.05) is 0 Å². The lowest BCUT2D eigenvalue weighted by atomic mass is 10.3. The van der Waals surface area contributed by atoms with Crippen LogP contribution < -0.4 is 0 Å². The van der Waals surface area contributed by atoms with Crippen LogP contribution in [0.25, 0.3) is 5.76 Å². The van der Waals surface area contributed by atoms with Crippen LogP contribution in [-0.4, -0.2) is 23.5 Å². The second kappa shape index (κ2) is 4.81. The van der Waals surface area contributed by atoms with E-state index in [2.05, 4.69) is 11.6 Å². The first-order valence-electron chi connectivity index (χ1n) is 3.97. The molecule has 0 aromatic carbocycles. The second-order valence-corrected chi connectivity index (χ2v) is 3.31. The van der Waals surface area contributed by atoms with Crippen LogP contribution in [0.15, 0.2) is 24.8 Å². The largest absolute Gasteiger partial charge is 0.495 e. The van der Waals surface area contributed by atoms with Crippen molar-refractivity contribution in [1.29, 1.82) is 0 Å². The number of pyridine rings is 1. The van der Waals surface area contributed by atoms with Gasteiger partial charge >= 0.3 is 0 Å². The highest BCUT2D eigenvalue weighted by molar-refractivity contribution is 8.13. The van der Waals surface area contributed by atoms with Crippen molar-refractivity contribution < 1.29 is 9.53 Å². The molecule has 1 aromatic heterocycles. The number of nitrogens with zero attached hydrogens (tertiary/aromatic N) is 1. The maximum atomic E-state index is 11.3. The molecule has 1 rings (SSSR count). The van der Waals surface area contributed by atoms with E-state index in [0.717, 1.165) is 11.8 Å². The van der Waals surface area contributed by atoms with Crippen molar-refractivity contribution in [1.82, 2.24) is 4.98 Å². The summed E-state index contributed by atoms with van der Waals surface area (Å²) >= 11 is 1.13. The molecule has 0 aliphatic rings. The summed E-state index contributed by atoms with van der Waals surface area (Å²) in [5.74, 6) is 0.459. The number of thioether (sulfide) groups is 1. The van der Waals surface area contributed by atoms with Gasteiger partial charge in [-0.3, -0.25) is 4.79 Å². The topological polar surface area (TPSA) is 39.2 Å². The van der Waals surface area contributed by atoms with E-state index in [4.69, 9.17) is 4.74 Å². The number of carbonyl (C=O) groups excluding carboxylic acids is 1. The van der Waals surface area contributed by atoms with Crippen LogP contribution in [-0.2, 0) is 4.74 Å². The molecular formula is C10H11NO2S. The Labute approximate surface area is 87.2 Å². The average molecular weight is 209 g/mol. The molecule has 0 saturated heterocycles. The number of hydrogen-bond donors (Lipinski definition) is 0. The normalized spacial score (nSPS) is 9.57. The van der Waals surface area contributed by atoms with Gasteiger partial charge in [-0.25, -0.2) is 4.98 Å². The Morgan fingerprint density at radius 1 is 1.50 bits per heavy atom. The molecule has 0 aliphatic carbocycles. The highest BCUT2D eigenvalue weighted by Crippen LogP contribution is 2.13. The molecule has 0 unspecified atom stereocenters. The van der Waals surface area contributed by atoms with Crippen molar-refractivity contribution >= 4 is 22.6 Å². The van der Waals surface area contributed by atoms with E-state index in [9.17, 15) is 4.79 Å². The van der Waals surface area contributed by atoms with Crippen molar-refractivity contribution in [2.75, 3.05) is 13.4 Å². The van der Waals surface area contributed by atoms with Gasteiger partial charge in [-0.05, 0) is 18.4 Å². The number of rotatable bonds is 3. The summed E-state index contributed by atoms with van der Waals surface area (Å²) in [6.45, 7) is 3.67. The van der Waals surface area contributed by atoms with E-state index in [1.165, 1.54) is 7.11 Å². The molecule has 3 nitrogen and oxygen atoms in total. The summed E-state index contributed by atoms with van der Waals surface area (Å²) in [6, 6.07) is 5.18. The highest BCUT2D eigenvalue weighted by atomic mass is 32.2. The standard InChI is InChI=1S/C10H11NO2S/c1-7(13-2)8-5-4-6-9(11-8)10(12)14-3/h4-6H,1H2,2-3H3. The SMILES string of the molecule is C=C(OC)c1cccc(C(=O)SC)n1. The van der Waals surface area contributed by atoms with Crippen molar-refractivity contribution in [3.8, 4) is 0 Å². The predicted molar refractivity (Wildman–Crippen MR) is 58.1 cm³/mol. The van der Waals surface area contributed by atoms with Crippen LogP contribution in [0.4, 0.5) is 0 Å². The fourth-order valence-electron chi connectivity index (χ4n) is 0.913. The number of hydrogen-bond acceptors (Lipinski definition) is 4. The molecular weight excluding hydrogens is 198 g/mol. The number of carbonyl (C=O) groups is 1. The van der Waals surface area contributed by atoms with Gasteiger partial charge in [0.2, 0.25) is 5.12 Å². The predicted octanol–water partition coefficient (Wildman–Crippen LogP) is 2.20. The molecule has 0 amide bonds. The molecule has 1 heterocycles. The van der Waals surface area contributed by atoms with E-state index in [-0.39, 0.29) is 5.12 Å². The lowest BCUT2D eigenvalue weighted by molar-refractivity contribution is 0.108. The minimum Gasteiger partial charge on any atom is -0.495 e. The van der Waals surface area contributed by atoms with Gasteiger partial charge in [0.05, 0.1) is 7.11 Å². The minimum absolute atomic E-state index is 0.0595. The average Bonchev–Trinajstić information content (AvgIpc) is 2.27. The molecule has 0 fully saturated rings. The van der Waals surface area contributed by atoms with Crippen molar-refractivity contribution in [2.24, 2.45) is 0 Å². The summed E-state index contributed by atoms with van der Waals surface area (Å²) in [5, 5.41) is -0.0595. The quantitative estimate of drug-likeness (QED) is 0.715. The van der Waals surface area contributed by atoms with E-state index in [1.54, 1.807) is 24.5 Å². The summed E-state index contributed by atoms with van der Waals surface area (Å²) in [7, 11) is 1.52.